The van der Waals surface area contributed by atoms with Gasteiger partial charge in [0, 0.05) is 26.3 Å². The minimum atomic E-state index is -3.50. The van der Waals surface area contributed by atoms with E-state index in [0.717, 1.165) is 41.3 Å². The fourth-order valence-electron chi connectivity index (χ4n) is 3.27. The molecule has 156 valence electrons. The summed E-state index contributed by atoms with van der Waals surface area (Å²) in [4.78, 5) is 4.99. The first-order chi connectivity index (χ1) is 13.8. The van der Waals surface area contributed by atoms with Crippen LogP contribution in [0.3, 0.4) is 0 Å². The molecule has 1 heterocycles. The van der Waals surface area contributed by atoms with Crippen molar-refractivity contribution in [1.82, 2.24) is 13.9 Å². The molecule has 3 rings (SSSR count). The van der Waals surface area contributed by atoms with Gasteiger partial charge in [-0.1, -0.05) is 6.92 Å². The quantitative estimate of drug-likeness (QED) is 0.607. The molecule has 1 aromatic heterocycles. The van der Waals surface area contributed by atoms with Crippen LogP contribution in [0.1, 0.15) is 24.7 Å². The van der Waals surface area contributed by atoms with Crippen LogP contribution in [0.5, 0.6) is 5.75 Å². The molecule has 0 saturated heterocycles. The molecular weight excluding hydrogens is 388 g/mol. The first-order valence-corrected chi connectivity index (χ1v) is 11.0. The summed E-state index contributed by atoms with van der Waals surface area (Å²) in [6.45, 7) is 5.49. The molecule has 0 atom stereocenters. The smallest absolute Gasteiger partial charge is 0.242 e. The standard InChI is InChI=1S/C21H28N4O3S/c1-6-11-25-20-10-8-17(29(26,27)24(3)4)13-19(20)23-21(25)14-22-18-9-7-16(28-5)12-15(18)2/h7-10,12-13,22H,6,11,14H2,1-5H3. The zero-order valence-corrected chi connectivity index (χ0v) is 18.4. The summed E-state index contributed by atoms with van der Waals surface area (Å²) in [5, 5.41) is 3.44. The van der Waals surface area contributed by atoms with Crippen molar-refractivity contribution in [2.45, 2.75) is 38.3 Å². The van der Waals surface area contributed by atoms with Crippen molar-refractivity contribution in [2.75, 3.05) is 26.5 Å². The third-order valence-electron chi connectivity index (χ3n) is 4.90. The summed E-state index contributed by atoms with van der Waals surface area (Å²) in [6.07, 6.45) is 0.956. The number of hydrogen-bond donors (Lipinski definition) is 1. The molecule has 0 aliphatic carbocycles. The van der Waals surface area contributed by atoms with Crippen molar-refractivity contribution in [1.29, 1.82) is 0 Å². The van der Waals surface area contributed by atoms with Crippen molar-refractivity contribution in [3.8, 4) is 5.75 Å². The van der Waals surface area contributed by atoms with E-state index in [1.165, 1.54) is 18.4 Å². The molecule has 0 radical (unpaired) electrons. The van der Waals surface area contributed by atoms with Crippen LogP contribution in [-0.4, -0.2) is 43.5 Å². The van der Waals surface area contributed by atoms with Gasteiger partial charge in [-0.15, -0.1) is 0 Å². The van der Waals surface area contributed by atoms with Crippen molar-refractivity contribution in [2.24, 2.45) is 0 Å². The van der Waals surface area contributed by atoms with E-state index in [1.54, 1.807) is 19.2 Å². The molecule has 0 aliphatic rings. The van der Waals surface area contributed by atoms with E-state index in [1.807, 2.05) is 31.2 Å². The Morgan fingerprint density at radius 3 is 2.55 bits per heavy atom. The van der Waals surface area contributed by atoms with Crippen LogP contribution in [-0.2, 0) is 23.1 Å². The molecule has 3 aromatic rings. The van der Waals surface area contributed by atoms with Gasteiger partial charge >= 0.3 is 0 Å². The Balaban J connectivity index is 1.95. The molecule has 7 nitrogen and oxygen atoms in total. The summed E-state index contributed by atoms with van der Waals surface area (Å²) in [5.41, 5.74) is 3.72. The van der Waals surface area contributed by atoms with Crippen LogP contribution < -0.4 is 10.1 Å². The number of aromatic nitrogens is 2. The summed E-state index contributed by atoms with van der Waals surface area (Å²) >= 11 is 0. The van der Waals surface area contributed by atoms with Gasteiger partial charge in [-0.3, -0.25) is 0 Å². The minimum absolute atomic E-state index is 0.252. The highest BCUT2D eigenvalue weighted by atomic mass is 32.2. The number of methoxy groups -OCH3 is 1. The number of sulfonamides is 1. The van der Waals surface area contributed by atoms with Gasteiger partial charge in [0.1, 0.15) is 11.6 Å². The van der Waals surface area contributed by atoms with E-state index in [4.69, 9.17) is 9.72 Å². The van der Waals surface area contributed by atoms with Crippen LogP contribution in [0, 0.1) is 6.92 Å². The Morgan fingerprint density at radius 2 is 1.93 bits per heavy atom. The number of rotatable bonds is 8. The van der Waals surface area contributed by atoms with Crippen LogP contribution in [0.25, 0.3) is 11.0 Å². The molecule has 8 heteroatoms. The first kappa shape index (κ1) is 21.1. The average molecular weight is 417 g/mol. The van der Waals surface area contributed by atoms with E-state index in [2.05, 4.69) is 16.8 Å². The lowest BCUT2D eigenvalue weighted by atomic mass is 10.2. The molecule has 2 aromatic carbocycles. The molecule has 0 spiro atoms. The maximum absolute atomic E-state index is 12.5. The van der Waals surface area contributed by atoms with E-state index < -0.39 is 10.0 Å². The number of imidazole rings is 1. The number of anilines is 1. The molecule has 0 aliphatic heterocycles. The second-order valence-electron chi connectivity index (χ2n) is 7.15. The van der Waals surface area contributed by atoms with Gasteiger partial charge in [-0.2, -0.15) is 0 Å². The van der Waals surface area contributed by atoms with Gasteiger partial charge in [0.15, 0.2) is 0 Å². The lowest BCUT2D eigenvalue weighted by Crippen LogP contribution is -2.22. The predicted octanol–water partition coefficient (Wildman–Crippen LogP) is 3.63. The number of hydrogen-bond acceptors (Lipinski definition) is 5. The van der Waals surface area contributed by atoms with E-state index in [-0.39, 0.29) is 4.90 Å². The van der Waals surface area contributed by atoms with Crippen LogP contribution in [0.2, 0.25) is 0 Å². The second-order valence-corrected chi connectivity index (χ2v) is 9.30. The van der Waals surface area contributed by atoms with Gasteiger partial charge in [-0.05, 0) is 55.3 Å². The van der Waals surface area contributed by atoms with Gasteiger partial charge < -0.3 is 14.6 Å². The van der Waals surface area contributed by atoms with E-state index >= 15 is 0 Å². The van der Waals surface area contributed by atoms with Crippen molar-refractivity contribution in [3.63, 3.8) is 0 Å². The molecule has 1 N–H and O–H groups in total. The monoisotopic (exact) mass is 416 g/mol. The largest absolute Gasteiger partial charge is 0.497 e. The summed E-state index contributed by atoms with van der Waals surface area (Å²) in [7, 11) is 1.22. The maximum atomic E-state index is 12.5. The lowest BCUT2D eigenvalue weighted by molar-refractivity contribution is 0.414. The molecule has 0 fully saturated rings. The number of nitrogens with zero attached hydrogens (tertiary/aromatic N) is 3. The second kappa shape index (κ2) is 8.42. The Hall–Kier alpha value is -2.58. The first-order valence-electron chi connectivity index (χ1n) is 9.58. The maximum Gasteiger partial charge on any atom is 0.242 e. The SMILES string of the molecule is CCCn1c(CNc2ccc(OC)cc2C)nc2cc(S(=O)(=O)N(C)C)ccc21. The highest BCUT2D eigenvalue weighted by Crippen LogP contribution is 2.25. The Bertz CT molecular complexity index is 1120. The average Bonchev–Trinajstić information content (AvgIpc) is 3.04. The van der Waals surface area contributed by atoms with Crippen LogP contribution >= 0.6 is 0 Å². The van der Waals surface area contributed by atoms with Crippen LogP contribution in [0.4, 0.5) is 5.69 Å². The summed E-state index contributed by atoms with van der Waals surface area (Å²) in [6, 6.07) is 11.0. The van der Waals surface area contributed by atoms with Gasteiger partial charge in [0.2, 0.25) is 10.0 Å². The Kier molecular flexibility index (Phi) is 6.14. The number of ether oxygens (including phenoxy) is 1. The Labute approximate surface area is 172 Å². The normalized spacial score (nSPS) is 11.9. The molecule has 0 bridgehead atoms. The Morgan fingerprint density at radius 1 is 1.17 bits per heavy atom. The predicted molar refractivity (Wildman–Crippen MR) is 116 cm³/mol. The zero-order valence-electron chi connectivity index (χ0n) is 17.6. The highest BCUT2D eigenvalue weighted by molar-refractivity contribution is 7.89. The summed E-state index contributed by atoms with van der Waals surface area (Å²) in [5.74, 6) is 1.69. The number of nitrogens with one attached hydrogen (secondary N) is 1. The number of aryl methyl sites for hydroxylation is 2. The van der Waals surface area contributed by atoms with E-state index in [0.29, 0.717) is 12.1 Å². The lowest BCUT2D eigenvalue weighted by Gasteiger charge is -2.13. The third-order valence-corrected chi connectivity index (χ3v) is 6.71. The fraction of sp³-hybridized carbons (Fsp3) is 0.381. The van der Waals surface area contributed by atoms with E-state index in [9.17, 15) is 8.42 Å². The molecule has 0 saturated carbocycles. The zero-order chi connectivity index (χ0) is 21.2. The van der Waals surface area contributed by atoms with Gasteiger partial charge in [0.05, 0.1) is 29.6 Å². The molecular formula is C21H28N4O3S. The van der Waals surface area contributed by atoms with Gasteiger partial charge in [-0.25, -0.2) is 17.7 Å². The third kappa shape index (κ3) is 4.23. The highest BCUT2D eigenvalue weighted by Gasteiger charge is 2.19. The number of benzene rings is 2. The fourth-order valence-corrected chi connectivity index (χ4v) is 4.20. The minimum Gasteiger partial charge on any atom is -0.497 e. The topological polar surface area (TPSA) is 76.5 Å². The van der Waals surface area contributed by atoms with Crippen molar-refractivity contribution >= 4 is 26.7 Å². The summed E-state index contributed by atoms with van der Waals surface area (Å²) < 4.78 is 33.5. The van der Waals surface area contributed by atoms with Crippen molar-refractivity contribution in [3.05, 3.63) is 47.8 Å². The molecule has 29 heavy (non-hydrogen) atoms. The van der Waals surface area contributed by atoms with Crippen LogP contribution in [0.15, 0.2) is 41.3 Å². The molecule has 0 unspecified atom stereocenters. The van der Waals surface area contributed by atoms with Crippen molar-refractivity contribution < 1.29 is 13.2 Å². The molecule has 0 amide bonds. The number of fused-ring (bicyclic) bond motifs is 1. The van der Waals surface area contributed by atoms with Gasteiger partial charge in [0.25, 0.3) is 0 Å².